The highest BCUT2D eigenvalue weighted by Gasteiger charge is 2.46. The number of rotatable bonds is 5. The molecule has 1 saturated carbocycles. The fourth-order valence-corrected chi connectivity index (χ4v) is 3.79. The van der Waals surface area contributed by atoms with E-state index in [2.05, 4.69) is 10.2 Å². The number of halogens is 1. The summed E-state index contributed by atoms with van der Waals surface area (Å²) in [6.07, 6.45) is 0.888. The molecule has 25 heavy (non-hydrogen) atoms. The van der Waals surface area contributed by atoms with Gasteiger partial charge in [-0.2, -0.15) is 0 Å². The molecule has 1 aliphatic heterocycles. The lowest BCUT2D eigenvalue weighted by Gasteiger charge is -2.34. The molecule has 0 aromatic heterocycles. The van der Waals surface area contributed by atoms with E-state index in [4.69, 9.17) is 11.6 Å². The molecule has 0 spiro atoms. The number of carbonyl (C=O) groups is 2. The molecule has 2 atom stereocenters. The van der Waals surface area contributed by atoms with Crippen LogP contribution < -0.4 is 5.32 Å². The smallest absolute Gasteiger partial charge is 0.234 e. The summed E-state index contributed by atoms with van der Waals surface area (Å²) in [5, 5.41) is 3.66. The van der Waals surface area contributed by atoms with Crippen molar-refractivity contribution < 1.29 is 9.59 Å². The zero-order valence-corrected chi connectivity index (χ0v) is 15.6. The molecular formula is C19H26ClN3O2. The van der Waals surface area contributed by atoms with Gasteiger partial charge in [-0.25, -0.2) is 0 Å². The molecule has 2 amide bonds. The van der Waals surface area contributed by atoms with Crippen LogP contribution in [0.2, 0.25) is 5.02 Å². The number of hydrogen-bond donors (Lipinski definition) is 1. The van der Waals surface area contributed by atoms with Crippen LogP contribution in [-0.4, -0.2) is 60.4 Å². The number of nitrogens with zero attached hydrogens (tertiary/aromatic N) is 2. The van der Waals surface area contributed by atoms with Crippen LogP contribution in [0.1, 0.15) is 31.7 Å². The normalized spacial score (nSPS) is 23.6. The van der Waals surface area contributed by atoms with Gasteiger partial charge in [0.1, 0.15) is 0 Å². The topological polar surface area (TPSA) is 52.7 Å². The average molecular weight is 364 g/mol. The molecule has 1 heterocycles. The second-order valence-electron chi connectivity index (χ2n) is 7.29. The molecule has 1 saturated heterocycles. The van der Waals surface area contributed by atoms with Crippen molar-refractivity contribution in [2.24, 2.45) is 5.92 Å². The van der Waals surface area contributed by atoms with Crippen LogP contribution in [0.3, 0.4) is 0 Å². The van der Waals surface area contributed by atoms with Crippen molar-refractivity contribution in [1.29, 1.82) is 0 Å². The maximum Gasteiger partial charge on any atom is 0.234 e. The maximum absolute atomic E-state index is 12.7. The molecule has 1 N–H and O–H groups in total. The summed E-state index contributed by atoms with van der Waals surface area (Å²) in [6.45, 7) is 7.21. The van der Waals surface area contributed by atoms with E-state index in [-0.39, 0.29) is 29.7 Å². The van der Waals surface area contributed by atoms with Crippen molar-refractivity contribution in [2.75, 3.05) is 32.7 Å². The van der Waals surface area contributed by atoms with Crippen LogP contribution in [-0.2, 0) is 9.59 Å². The van der Waals surface area contributed by atoms with E-state index in [0.717, 1.165) is 30.1 Å². The van der Waals surface area contributed by atoms with Crippen LogP contribution in [0.25, 0.3) is 0 Å². The molecule has 6 heteroatoms. The highest BCUT2D eigenvalue weighted by molar-refractivity contribution is 6.31. The monoisotopic (exact) mass is 363 g/mol. The Bertz CT molecular complexity index is 641. The lowest BCUT2D eigenvalue weighted by molar-refractivity contribution is -0.134. The first-order valence-corrected chi connectivity index (χ1v) is 9.38. The van der Waals surface area contributed by atoms with Gasteiger partial charge in [-0.15, -0.1) is 0 Å². The van der Waals surface area contributed by atoms with E-state index in [9.17, 15) is 9.59 Å². The molecule has 136 valence electrons. The van der Waals surface area contributed by atoms with E-state index < -0.39 is 0 Å². The standard InChI is InChI=1S/C19H26ClN3O2/c1-13(2)21-18(24)12-22-7-9-23(10-8-22)19(25)16-11-15(16)14-5-3-4-6-17(14)20/h3-6,13,15-16H,7-12H2,1-2H3,(H,21,24). The van der Waals surface area contributed by atoms with E-state index in [1.807, 2.05) is 43.0 Å². The van der Waals surface area contributed by atoms with Crippen molar-refractivity contribution in [3.63, 3.8) is 0 Å². The molecule has 1 aromatic carbocycles. The molecule has 3 rings (SSSR count). The second-order valence-corrected chi connectivity index (χ2v) is 7.70. The van der Waals surface area contributed by atoms with Gasteiger partial charge < -0.3 is 10.2 Å². The van der Waals surface area contributed by atoms with Crippen LogP contribution in [0.15, 0.2) is 24.3 Å². The summed E-state index contributed by atoms with van der Waals surface area (Å²) in [5.74, 6) is 0.610. The zero-order chi connectivity index (χ0) is 18.0. The largest absolute Gasteiger partial charge is 0.353 e. The molecule has 5 nitrogen and oxygen atoms in total. The number of amides is 2. The average Bonchev–Trinajstić information content (AvgIpc) is 3.35. The first-order valence-electron chi connectivity index (χ1n) is 9.00. The van der Waals surface area contributed by atoms with Crippen molar-refractivity contribution in [3.05, 3.63) is 34.9 Å². The van der Waals surface area contributed by atoms with Crippen LogP contribution in [0.5, 0.6) is 0 Å². The van der Waals surface area contributed by atoms with Crippen molar-refractivity contribution in [1.82, 2.24) is 15.1 Å². The Morgan fingerprint density at radius 1 is 1.20 bits per heavy atom. The summed E-state index contributed by atoms with van der Waals surface area (Å²) >= 11 is 6.25. The lowest BCUT2D eigenvalue weighted by atomic mass is 10.1. The van der Waals surface area contributed by atoms with Crippen LogP contribution in [0, 0.1) is 5.92 Å². The zero-order valence-electron chi connectivity index (χ0n) is 14.9. The molecule has 2 unspecified atom stereocenters. The first kappa shape index (κ1) is 18.2. The second kappa shape index (κ2) is 7.75. The van der Waals surface area contributed by atoms with E-state index in [1.54, 1.807) is 0 Å². The third kappa shape index (κ3) is 4.53. The highest BCUT2D eigenvalue weighted by Crippen LogP contribution is 2.50. The predicted octanol–water partition coefficient (Wildman–Crippen LogP) is 2.11. The Balaban J connectivity index is 1.47. The van der Waals surface area contributed by atoms with Crippen LogP contribution >= 0.6 is 11.6 Å². The fourth-order valence-electron chi connectivity index (χ4n) is 3.52. The summed E-state index contributed by atoms with van der Waals surface area (Å²) < 4.78 is 0. The summed E-state index contributed by atoms with van der Waals surface area (Å²) in [5.41, 5.74) is 1.09. The van der Waals surface area contributed by atoms with Gasteiger partial charge in [0.15, 0.2) is 0 Å². The molecule has 2 fully saturated rings. The van der Waals surface area contributed by atoms with Crippen molar-refractivity contribution in [3.8, 4) is 0 Å². The van der Waals surface area contributed by atoms with Gasteiger partial charge >= 0.3 is 0 Å². The van der Waals surface area contributed by atoms with E-state index in [1.165, 1.54) is 0 Å². The van der Waals surface area contributed by atoms with Gasteiger partial charge in [0, 0.05) is 43.2 Å². The maximum atomic E-state index is 12.7. The van der Waals surface area contributed by atoms with Gasteiger partial charge in [-0.1, -0.05) is 29.8 Å². The SMILES string of the molecule is CC(C)NC(=O)CN1CCN(C(=O)C2CC2c2ccccc2Cl)CC1. The minimum atomic E-state index is 0.0516. The summed E-state index contributed by atoms with van der Waals surface area (Å²) in [6, 6.07) is 7.96. The van der Waals surface area contributed by atoms with Crippen molar-refractivity contribution >= 4 is 23.4 Å². The number of nitrogens with one attached hydrogen (secondary N) is 1. The quantitative estimate of drug-likeness (QED) is 0.871. The van der Waals surface area contributed by atoms with Crippen LogP contribution in [0.4, 0.5) is 0 Å². The number of carbonyl (C=O) groups excluding carboxylic acids is 2. The first-order chi connectivity index (χ1) is 12.0. The number of piperazine rings is 1. The van der Waals surface area contributed by atoms with E-state index in [0.29, 0.717) is 19.6 Å². The molecular weight excluding hydrogens is 338 g/mol. The van der Waals surface area contributed by atoms with Crippen molar-refractivity contribution in [2.45, 2.75) is 32.2 Å². The number of benzene rings is 1. The Labute approximate surface area is 154 Å². The molecule has 0 bridgehead atoms. The van der Waals surface area contributed by atoms with Gasteiger partial charge in [0.25, 0.3) is 0 Å². The summed E-state index contributed by atoms with van der Waals surface area (Å²) in [7, 11) is 0. The van der Waals surface area contributed by atoms with E-state index >= 15 is 0 Å². The third-order valence-electron chi connectivity index (χ3n) is 4.91. The molecule has 0 radical (unpaired) electrons. The molecule has 2 aliphatic rings. The lowest BCUT2D eigenvalue weighted by Crippen LogP contribution is -2.52. The van der Waals surface area contributed by atoms with Gasteiger partial charge in [-0.3, -0.25) is 14.5 Å². The minimum Gasteiger partial charge on any atom is -0.353 e. The third-order valence-corrected chi connectivity index (χ3v) is 5.26. The Morgan fingerprint density at radius 2 is 1.88 bits per heavy atom. The van der Waals surface area contributed by atoms with Gasteiger partial charge in [0.2, 0.25) is 11.8 Å². The fraction of sp³-hybridized carbons (Fsp3) is 0.579. The summed E-state index contributed by atoms with van der Waals surface area (Å²) in [4.78, 5) is 28.6. The predicted molar refractivity (Wildman–Crippen MR) is 98.6 cm³/mol. The van der Waals surface area contributed by atoms with Gasteiger partial charge in [-0.05, 0) is 37.8 Å². The Morgan fingerprint density at radius 3 is 2.52 bits per heavy atom. The molecule has 1 aliphatic carbocycles. The molecule has 1 aromatic rings. The Kier molecular flexibility index (Phi) is 5.64. The number of hydrogen-bond acceptors (Lipinski definition) is 3. The minimum absolute atomic E-state index is 0.0516. The van der Waals surface area contributed by atoms with Gasteiger partial charge in [0.05, 0.1) is 6.54 Å². The Hall–Kier alpha value is -1.59. The highest BCUT2D eigenvalue weighted by atomic mass is 35.5.